The van der Waals surface area contributed by atoms with Crippen molar-refractivity contribution in [3.8, 4) is 0 Å². The summed E-state index contributed by atoms with van der Waals surface area (Å²) in [6, 6.07) is 7.77. The van der Waals surface area contributed by atoms with E-state index >= 15 is 0 Å². The average molecular weight is 392 g/mol. The number of carbonyl (C=O) groups is 3. The first-order valence-corrected chi connectivity index (χ1v) is 9.72. The lowest BCUT2D eigenvalue weighted by atomic mass is 10.0. The van der Waals surface area contributed by atoms with Crippen molar-refractivity contribution in [3.05, 3.63) is 35.9 Å². The van der Waals surface area contributed by atoms with Crippen LogP contribution in [0.25, 0.3) is 0 Å². The van der Waals surface area contributed by atoms with Gasteiger partial charge in [-0.3, -0.25) is 4.79 Å². The lowest BCUT2D eigenvalue weighted by Crippen LogP contribution is -2.52. The molecule has 2 amide bonds. The summed E-state index contributed by atoms with van der Waals surface area (Å²) in [5.74, 6) is -0.716. The van der Waals surface area contributed by atoms with E-state index in [2.05, 4.69) is 10.6 Å². The molecule has 7 heteroatoms. The number of esters is 1. The summed E-state index contributed by atoms with van der Waals surface area (Å²) in [6.07, 6.45) is 1.87. The highest BCUT2D eigenvalue weighted by atomic mass is 16.5. The van der Waals surface area contributed by atoms with Crippen molar-refractivity contribution >= 4 is 18.0 Å². The van der Waals surface area contributed by atoms with E-state index in [1.54, 1.807) is 0 Å². The highest BCUT2D eigenvalue weighted by molar-refractivity contribution is 5.89. The zero-order valence-corrected chi connectivity index (χ0v) is 17.2. The van der Waals surface area contributed by atoms with Gasteiger partial charge in [-0.25, -0.2) is 9.59 Å². The van der Waals surface area contributed by atoms with Crippen molar-refractivity contribution in [2.24, 2.45) is 5.92 Å². The number of benzene rings is 1. The molecular formula is C21H32N2O5. The van der Waals surface area contributed by atoms with Crippen LogP contribution in [0.15, 0.2) is 30.3 Å². The number of nitrogens with one attached hydrogen (secondary N) is 2. The Balaban J connectivity index is 2.69. The van der Waals surface area contributed by atoms with Gasteiger partial charge in [0.15, 0.2) is 0 Å². The number of unbranched alkanes of at least 4 members (excludes halogenated alkanes) is 1. The first-order chi connectivity index (χ1) is 13.4. The molecule has 1 rings (SSSR count). The fraction of sp³-hybridized carbons (Fsp3) is 0.571. The second-order valence-corrected chi connectivity index (χ2v) is 7.11. The van der Waals surface area contributed by atoms with Crippen molar-refractivity contribution in [2.75, 3.05) is 7.11 Å². The predicted molar refractivity (Wildman–Crippen MR) is 106 cm³/mol. The Bertz CT molecular complexity index is 618. The molecule has 0 saturated heterocycles. The number of amides is 2. The molecule has 0 heterocycles. The molecule has 0 spiro atoms. The minimum Gasteiger partial charge on any atom is -0.467 e. The minimum atomic E-state index is -0.775. The molecule has 2 atom stereocenters. The Hall–Kier alpha value is -2.57. The van der Waals surface area contributed by atoms with Gasteiger partial charge in [0.25, 0.3) is 0 Å². The molecule has 2 N–H and O–H groups in total. The summed E-state index contributed by atoms with van der Waals surface area (Å²) < 4.78 is 9.98. The van der Waals surface area contributed by atoms with Gasteiger partial charge in [0, 0.05) is 0 Å². The first kappa shape index (κ1) is 23.5. The molecule has 0 aliphatic heterocycles. The van der Waals surface area contributed by atoms with E-state index < -0.39 is 30.1 Å². The van der Waals surface area contributed by atoms with Crippen LogP contribution in [0.1, 0.15) is 52.0 Å². The molecule has 0 aliphatic carbocycles. The van der Waals surface area contributed by atoms with Gasteiger partial charge < -0.3 is 20.1 Å². The largest absolute Gasteiger partial charge is 0.467 e. The molecule has 156 valence electrons. The molecule has 2 unspecified atom stereocenters. The van der Waals surface area contributed by atoms with E-state index in [9.17, 15) is 14.4 Å². The lowest BCUT2D eigenvalue weighted by molar-refractivity contribution is -0.145. The van der Waals surface area contributed by atoms with Crippen molar-refractivity contribution in [1.29, 1.82) is 0 Å². The standard InChI is InChI=1S/C21H32N2O5/c1-5-6-12-17(19(24)22-18(13-15(2)3)20(25)27-4)23-21(26)28-14-16-10-8-7-9-11-16/h7-11,15,17-18H,5-6,12-14H2,1-4H3,(H,22,24)(H,23,26). The summed E-state index contributed by atoms with van der Waals surface area (Å²) in [5.41, 5.74) is 0.856. The highest BCUT2D eigenvalue weighted by Gasteiger charge is 2.27. The topological polar surface area (TPSA) is 93.7 Å². The highest BCUT2D eigenvalue weighted by Crippen LogP contribution is 2.09. The normalized spacial score (nSPS) is 12.8. The SMILES string of the molecule is CCCCC(NC(=O)OCc1ccccc1)C(=O)NC(CC(C)C)C(=O)OC. The molecule has 28 heavy (non-hydrogen) atoms. The van der Waals surface area contributed by atoms with Crippen LogP contribution in [-0.2, 0) is 25.7 Å². The predicted octanol–water partition coefficient (Wildman–Crippen LogP) is 3.18. The van der Waals surface area contributed by atoms with Crippen LogP contribution in [0.3, 0.4) is 0 Å². The smallest absolute Gasteiger partial charge is 0.408 e. The zero-order chi connectivity index (χ0) is 20.9. The molecular weight excluding hydrogens is 360 g/mol. The van der Waals surface area contributed by atoms with Crippen LogP contribution in [-0.4, -0.2) is 37.2 Å². The Morgan fingerprint density at radius 3 is 2.29 bits per heavy atom. The molecule has 7 nitrogen and oxygen atoms in total. The van der Waals surface area contributed by atoms with Gasteiger partial charge in [0.2, 0.25) is 5.91 Å². The Morgan fingerprint density at radius 2 is 1.71 bits per heavy atom. The summed E-state index contributed by atoms with van der Waals surface area (Å²) in [7, 11) is 1.29. The van der Waals surface area contributed by atoms with Gasteiger partial charge >= 0.3 is 12.1 Å². The van der Waals surface area contributed by atoms with E-state index in [-0.39, 0.29) is 12.5 Å². The maximum Gasteiger partial charge on any atom is 0.408 e. The van der Waals surface area contributed by atoms with Gasteiger partial charge in [-0.1, -0.05) is 63.9 Å². The van der Waals surface area contributed by atoms with Gasteiger partial charge in [0.1, 0.15) is 18.7 Å². The first-order valence-electron chi connectivity index (χ1n) is 9.72. The number of methoxy groups -OCH3 is 1. The van der Waals surface area contributed by atoms with E-state index in [4.69, 9.17) is 9.47 Å². The zero-order valence-electron chi connectivity index (χ0n) is 17.2. The molecule has 1 aromatic rings. The van der Waals surface area contributed by atoms with Crippen molar-refractivity contribution in [1.82, 2.24) is 10.6 Å². The lowest BCUT2D eigenvalue weighted by Gasteiger charge is -2.23. The van der Waals surface area contributed by atoms with Crippen molar-refractivity contribution in [3.63, 3.8) is 0 Å². The van der Waals surface area contributed by atoms with Crippen molar-refractivity contribution in [2.45, 2.75) is 65.1 Å². The number of rotatable bonds is 11. The Morgan fingerprint density at radius 1 is 1.04 bits per heavy atom. The summed E-state index contributed by atoms with van der Waals surface area (Å²) in [4.78, 5) is 36.8. The van der Waals surface area contributed by atoms with Crippen LogP contribution >= 0.6 is 0 Å². The third-order valence-corrected chi connectivity index (χ3v) is 4.18. The maximum atomic E-state index is 12.7. The second kappa shape index (κ2) is 12.8. The number of hydrogen-bond donors (Lipinski definition) is 2. The van der Waals surface area contributed by atoms with Gasteiger partial charge in [-0.05, 0) is 24.3 Å². The van der Waals surface area contributed by atoms with Gasteiger partial charge in [-0.15, -0.1) is 0 Å². The molecule has 0 fully saturated rings. The third-order valence-electron chi connectivity index (χ3n) is 4.18. The molecule has 0 radical (unpaired) electrons. The Kier molecular flexibility index (Phi) is 10.7. The van der Waals surface area contributed by atoms with Crippen LogP contribution in [0.5, 0.6) is 0 Å². The average Bonchev–Trinajstić information content (AvgIpc) is 2.68. The summed E-state index contributed by atoms with van der Waals surface area (Å²) in [6.45, 7) is 6.03. The summed E-state index contributed by atoms with van der Waals surface area (Å²) in [5, 5.41) is 5.32. The van der Waals surface area contributed by atoms with Gasteiger partial charge in [0.05, 0.1) is 7.11 Å². The number of hydrogen-bond acceptors (Lipinski definition) is 5. The van der Waals surface area contributed by atoms with Crippen LogP contribution in [0.2, 0.25) is 0 Å². The van der Waals surface area contributed by atoms with Crippen molar-refractivity contribution < 1.29 is 23.9 Å². The molecule has 0 aromatic heterocycles. The van der Waals surface area contributed by atoms with E-state index in [0.29, 0.717) is 12.8 Å². The maximum absolute atomic E-state index is 12.7. The number of ether oxygens (including phenoxy) is 2. The van der Waals surface area contributed by atoms with Gasteiger partial charge in [-0.2, -0.15) is 0 Å². The van der Waals surface area contributed by atoms with E-state index in [1.807, 2.05) is 51.1 Å². The third kappa shape index (κ3) is 8.88. The molecule has 1 aromatic carbocycles. The molecule has 0 aliphatic rings. The number of carbonyl (C=O) groups excluding carboxylic acids is 3. The fourth-order valence-electron chi connectivity index (χ4n) is 2.68. The second-order valence-electron chi connectivity index (χ2n) is 7.11. The summed E-state index contributed by atoms with van der Waals surface area (Å²) >= 11 is 0. The molecule has 0 bridgehead atoms. The minimum absolute atomic E-state index is 0.118. The fourth-order valence-corrected chi connectivity index (χ4v) is 2.68. The monoisotopic (exact) mass is 392 g/mol. The van der Waals surface area contributed by atoms with Crippen LogP contribution in [0.4, 0.5) is 4.79 Å². The Labute approximate surface area is 167 Å². The van der Waals surface area contributed by atoms with Crippen LogP contribution < -0.4 is 10.6 Å². The van der Waals surface area contributed by atoms with E-state index in [0.717, 1.165) is 18.4 Å². The van der Waals surface area contributed by atoms with E-state index in [1.165, 1.54) is 7.11 Å². The molecule has 0 saturated carbocycles. The number of alkyl carbamates (subject to hydrolysis) is 1. The quantitative estimate of drug-likeness (QED) is 0.564. The van der Waals surface area contributed by atoms with Crippen LogP contribution in [0, 0.1) is 5.92 Å².